The van der Waals surface area contributed by atoms with Gasteiger partial charge in [0.25, 0.3) is 11.6 Å². The third-order valence-electron chi connectivity index (χ3n) is 3.47. The first-order valence-corrected chi connectivity index (χ1v) is 7.13. The summed E-state index contributed by atoms with van der Waals surface area (Å²) < 4.78 is 0. The van der Waals surface area contributed by atoms with E-state index in [1.807, 2.05) is 20.8 Å². The molecule has 0 radical (unpaired) electrons. The molecule has 0 bridgehead atoms. The van der Waals surface area contributed by atoms with Crippen LogP contribution in [-0.4, -0.2) is 33.3 Å². The van der Waals surface area contributed by atoms with Crippen molar-refractivity contribution in [3.63, 3.8) is 0 Å². The topological polar surface area (TPSA) is 102 Å². The molecule has 1 unspecified atom stereocenters. The van der Waals surface area contributed by atoms with Crippen molar-refractivity contribution in [1.29, 1.82) is 0 Å². The summed E-state index contributed by atoms with van der Waals surface area (Å²) in [6.07, 6.45) is 3.62. The number of hydrogen-bond acceptors (Lipinski definition) is 5. The fourth-order valence-corrected chi connectivity index (χ4v) is 2.01. The van der Waals surface area contributed by atoms with Crippen molar-refractivity contribution in [2.45, 2.75) is 46.1 Å². The summed E-state index contributed by atoms with van der Waals surface area (Å²) in [4.78, 5) is 28.5. The fourth-order valence-electron chi connectivity index (χ4n) is 2.01. The Morgan fingerprint density at radius 1 is 1.52 bits per heavy atom. The molecule has 0 spiro atoms. The second kappa shape index (κ2) is 7.56. The highest BCUT2D eigenvalue weighted by Crippen LogP contribution is 2.22. The first kappa shape index (κ1) is 16.9. The van der Waals surface area contributed by atoms with Crippen LogP contribution in [0.4, 0.5) is 11.5 Å². The second-order valence-electron chi connectivity index (χ2n) is 4.99. The SMILES string of the molecule is CCCCN(C(=O)c1cc(N)ncc1[N+](=O)[O-])C(C)CC. The molecule has 0 aromatic carbocycles. The van der Waals surface area contributed by atoms with Crippen LogP contribution in [-0.2, 0) is 0 Å². The van der Waals surface area contributed by atoms with Gasteiger partial charge < -0.3 is 10.6 Å². The van der Waals surface area contributed by atoms with E-state index < -0.39 is 4.92 Å². The molecule has 0 fully saturated rings. The van der Waals surface area contributed by atoms with Gasteiger partial charge in [0.1, 0.15) is 17.6 Å². The Bertz CT molecular complexity index is 519. The number of nitrogen functional groups attached to an aromatic ring is 1. The Morgan fingerprint density at radius 2 is 2.19 bits per heavy atom. The van der Waals surface area contributed by atoms with Crippen molar-refractivity contribution in [2.75, 3.05) is 12.3 Å². The van der Waals surface area contributed by atoms with Crippen LogP contribution in [0.5, 0.6) is 0 Å². The molecule has 7 nitrogen and oxygen atoms in total. The summed E-state index contributed by atoms with van der Waals surface area (Å²) in [7, 11) is 0. The second-order valence-corrected chi connectivity index (χ2v) is 4.99. The molecule has 0 saturated carbocycles. The van der Waals surface area contributed by atoms with Gasteiger partial charge in [0.15, 0.2) is 0 Å². The largest absolute Gasteiger partial charge is 0.384 e. The molecule has 1 rings (SSSR count). The van der Waals surface area contributed by atoms with Crippen LogP contribution in [0.3, 0.4) is 0 Å². The number of nitrogens with zero attached hydrogens (tertiary/aromatic N) is 3. The van der Waals surface area contributed by atoms with Crippen molar-refractivity contribution in [2.24, 2.45) is 0 Å². The molecule has 0 aliphatic rings. The first-order chi connectivity index (χ1) is 9.92. The van der Waals surface area contributed by atoms with Gasteiger partial charge in [-0.1, -0.05) is 20.3 Å². The van der Waals surface area contributed by atoms with Gasteiger partial charge in [-0.05, 0) is 25.8 Å². The number of carbonyl (C=O) groups excluding carboxylic acids is 1. The molecule has 1 aromatic heterocycles. The summed E-state index contributed by atoms with van der Waals surface area (Å²) in [5, 5.41) is 11.1. The van der Waals surface area contributed by atoms with Gasteiger partial charge in [0.2, 0.25) is 0 Å². The summed E-state index contributed by atoms with van der Waals surface area (Å²) >= 11 is 0. The van der Waals surface area contributed by atoms with Crippen LogP contribution in [0.15, 0.2) is 12.3 Å². The molecule has 21 heavy (non-hydrogen) atoms. The minimum absolute atomic E-state index is 0.00361. The molecule has 1 amide bonds. The number of unbranched alkanes of at least 4 members (excludes halogenated alkanes) is 1. The van der Waals surface area contributed by atoms with Gasteiger partial charge in [0.05, 0.1) is 4.92 Å². The van der Waals surface area contributed by atoms with E-state index in [4.69, 9.17) is 5.73 Å². The molecule has 1 heterocycles. The number of carbonyl (C=O) groups is 1. The minimum atomic E-state index is -0.603. The van der Waals surface area contributed by atoms with Crippen LogP contribution in [0.1, 0.15) is 50.4 Å². The highest BCUT2D eigenvalue weighted by atomic mass is 16.6. The highest BCUT2D eigenvalue weighted by Gasteiger charge is 2.27. The Morgan fingerprint density at radius 3 is 2.71 bits per heavy atom. The molecule has 7 heteroatoms. The maximum Gasteiger partial charge on any atom is 0.300 e. The van der Waals surface area contributed by atoms with E-state index in [-0.39, 0.29) is 29.0 Å². The van der Waals surface area contributed by atoms with E-state index in [9.17, 15) is 14.9 Å². The van der Waals surface area contributed by atoms with E-state index in [0.29, 0.717) is 6.54 Å². The number of amides is 1. The minimum Gasteiger partial charge on any atom is -0.384 e. The van der Waals surface area contributed by atoms with Crippen molar-refractivity contribution in [3.05, 3.63) is 27.9 Å². The summed E-state index contributed by atoms with van der Waals surface area (Å²) in [5.41, 5.74) is 5.27. The molecular weight excluding hydrogens is 272 g/mol. The lowest BCUT2D eigenvalue weighted by atomic mass is 10.1. The van der Waals surface area contributed by atoms with Crippen molar-refractivity contribution in [3.8, 4) is 0 Å². The monoisotopic (exact) mass is 294 g/mol. The number of anilines is 1. The zero-order valence-corrected chi connectivity index (χ0v) is 12.7. The summed E-state index contributed by atoms with van der Waals surface area (Å²) in [6.45, 7) is 6.52. The van der Waals surface area contributed by atoms with Crippen LogP contribution < -0.4 is 5.73 Å². The average Bonchev–Trinajstić information content (AvgIpc) is 2.46. The number of nitrogens with two attached hydrogens (primary N) is 1. The van der Waals surface area contributed by atoms with Crippen LogP contribution >= 0.6 is 0 Å². The molecule has 1 atom stereocenters. The Kier molecular flexibility index (Phi) is 6.08. The van der Waals surface area contributed by atoms with E-state index in [1.165, 1.54) is 6.07 Å². The maximum atomic E-state index is 12.7. The smallest absolute Gasteiger partial charge is 0.300 e. The Balaban J connectivity index is 3.18. The van der Waals surface area contributed by atoms with E-state index in [0.717, 1.165) is 25.5 Å². The van der Waals surface area contributed by atoms with Gasteiger partial charge in [-0.25, -0.2) is 4.98 Å². The Hall–Kier alpha value is -2.18. The van der Waals surface area contributed by atoms with Crippen molar-refractivity contribution < 1.29 is 9.72 Å². The van der Waals surface area contributed by atoms with E-state index in [1.54, 1.807) is 4.90 Å². The number of hydrogen-bond donors (Lipinski definition) is 1. The van der Waals surface area contributed by atoms with Gasteiger partial charge in [-0.15, -0.1) is 0 Å². The number of nitro groups is 1. The third kappa shape index (κ3) is 4.14. The zero-order valence-electron chi connectivity index (χ0n) is 12.7. The summed E-state index contributed by atoms with van der Waals surface area (Å²) in [6, 6.07) is 1.29. The number of aromatic nitrogens is 1. The van der Waals surface area contributed by atoms with Crippen molar-refractivity contribution >= 4 is 17.4 Å². The molecule has 0 saturated heterocycles. The Labute approximate surface area is 124 Å². The van der Waals surface area contributed by atoms with Crippen LogP contribution in [0.2, 0.25) is 0 Å². The molecule has 0 aliphatic heterocycles. The molecule has 1 aromatic rings. The lowest BCUT2D eigenvalue weighted by molar-refractivity contribution is -0.385. The van der Waals surface area contributed by atoms with Crippen molar-refractivity contribution in [1.82, 2.24) is 9.88 Å². The third-order valence-corrected chi connectivity index (χ3v) is 3.47. The maximum absolute atomic E-state index is 12.7. The van der Waals surface area contributed by atoms with Gasteiger partial charge >= 0.3 is 0 Å². The standard InChI is InChI=1S/C14H22N4O3/c1-4-6-7-17(10(3)5-2)14(19)11-8-13(15)16-9-12(11)18(20)21/h8-10H,4-7H2,1-3H3,(H2,15,16). The summed E-state index contributed by atoms with van der Waals surface area (Å²) in [5.74, 6) is -0.262. The predicted octanol–water partition coefficient (Wildman–Crippen LogP) is 2.61. The van der Waals surface area contributed by atoms with E-state index >= 15 is 0 Å². The normalized spacial score (nSPS) is 12.0. The quantitative estimate of drug-likeness (QED) is 0.615. The molecule has 116 valence electrons. The lowest BCUT2D eigenvalue weighted by Gasteiger charge is -2.28. The van der Waals surface area contributed by atoms with Crippen LogP contribution in [0.25, 0.3) is 0 Å². The fraction of sp³-hybridized carbons (Fsp3) is 0.571. The van der Waals surface area contributed by atoms with Crippen LogP contribution in [0, 0.1) is 10.1 Å². The number of pyridine rings is 1. The average molecular weight is 294 g/mol. The van der Waals surface area contributed by atoms with Gasteiger partial charge in [0, 0.05) is 12.6 Å². The first-order valence-electron chi connectivity index (χ1n) is 7.13. The predicted molar refractivity (Wildman–Crippen MR) is 81.0 cm³/mol. The van der Waals surface area contributed by atoms with Gasteiger partial charge in [-0.3, -0.25) is 14.9 Å². The highest BCUT2D eigenvalue weighted by molar-refractivity contribution is 5.98. The van der Waals surface area contributed by atoms with Gasteiger partial charge in [-0.2, -0.15) is 0 Å². The van der Waals surface area contributed by atoms with E-state index in [2.05, 4.69) is 4.98 Å². The number of rotatable bonds is 7. The molecule has 2 N–H and O–H groups in total. The molecule has 0 aliphatic carbocycles. The zero-order chi connectivity index (χ0) is 16.0. The lowest BCUT2D eigenvalue weighted by Crippen LogP contribution is -2.39. The molecular formula is C14H22N4O3.